The van der Waals surface area contributed by atoms with Crippen molar-refractivity contribution in [1.29, 1.82) is 0 Å². The number of rotatable bonds is 9. The standard InChI is InChI=1S/C22H23N3O9/c1-31-14-4-6-17(25(29)30)16(9-14)23-20(26)12-34-22(28)13-8-21(27)24(11-13)18-10-15(32-2)5-7-19(18)33-3/h4-7,9-10,13H,8,11-12H2,1-3H3,(H,23,26)/t13-/m1/s1. The second-order valence-corrected chi connectivity index (χ2v) is 7.24. The van der Waals surface area contributed by atoms with Gasteiger partial charge in [-0.25, -0.2) is 0 Å². The molecule has 1 saturated heterocycles. The van der Waals surface area contributed by atoms with Gasteiger partial charge >= 0.3 is 5.97 Å². The summed E-state index contributed by atoms with van der Waals surface area (Å²) in [5.74, 6) is -1.39. The third-order valence-electron chi connectivity index (χ3n) is 5.16. The van der Waals surface area contributed by atoms with E-state index >= 15 is 0 Å². The summed E-state index contributed by atoms with van der Waals surface area (Å²) in [6.07, 6.45) is -0.109. The van der Waals surface area contributed by atoms with Crippen molar-refractivity contribution in [2.24, 2.45) is 5.92 Å². The SMILES string of the molecule is COc1ccc([N+](=O)[O-])c(NC(=O)COC(=O)[C@@H]2CC(=O)N(c3cc(OC)ccc3OC)C2)c1. The summed E-state index contributed by atoms with van der Waals surface area (Å²) in [5, 5.41) is 13.5. The molecule has 0 bridgehead atoms. The maximum atomic E-state index is 12.6. The second kappa shape index (κ2) is 10.5. The first-order valence-corrected chi connectivity index (χ1v) is 10.1. The molecule has 0 unspecified atom stereocenters. The first-order valence-electron chi connectivity index (χ1n) is 10.1. The Kier molecular flexibility index (Phi) is 7.51. The minimum absolute atomic E-state index is 0.0319. The Labute approximate surface area is 194 Å². The molecule has 1 N–H and O–H groups in total. The smallest absolute Gasteiger partial charge is 0.311 e. The van der Waals surface area contributed by atoms with Gasteiger partial charge in [-0.05, 0) is 18.2 Å². The van der Waals surface area contributed by atoms with Crippen molar-refractivity contribution in [2.45, 2.75) is 6.42 Å². The van der Waals surface area contributed by atoms with E-state index in [0.29, 0.717) is 22.9 Å². The van der Waals surface area contributed by atoms with E-state index in [1.807, 2.05) is 0 Å². The second-order valence-electron chi connectivity index (χ2n) is 7.24. The highest BCUT2D eigenvalue weighted by Crippen LogP contribution is 2.36. The van der Waals surface area contributed by atoms with Gasteiger partial charge in [0.2, 0.25) is 5.91 Å². The van der Waals surface area contributed by atoms with Crippen LogP contribution < -0.4 is 24.4 Å². The van der Waals surface area contributed by atoms with Crippen molar-refractivity contribution in [2.75, 3.05) is 44.7 Å². The lowest BCUT2D eigenvalue weighted by atomic mass is 10.1. The predicted octanol–water partition coefficient (Wildman–Crippen LogP) is 2.16. The molecule has 12 heteroatoms. The van der Waals surface area contributed by atoms with Crippen molar-refractivity contribution in [3.05, 3.63) is 46.5 Å². The zero-order valence-electron chi connectivity index (χ0n) is 18.7. The van der Waals surface area contributed by atoms with E-state index in [1.165, 1.54) is 44.4 Å². The fourth-order valence-electron chi connectivity index (χ4n) is 3.45. The number of ether oxygens (including phenoxy) is 4. The maximum absolute atomic E-state index is 12.6. The van der Waals surface area contributed by atoms with Crippen molar-refractivity contribution in [3.63, 3.8) is 0 Å². The quantitative estimate of drug-likeness (QED) is 0.329. The number of nitrogens with one attached hydrogen (secondary N) is 1. The monoisotopic (exact) mass is 473 g/mol. The third-order valence-corrected chi connectivity index (χ3v) is 5.16. The number of nitrogens with zero attached hydrogens (tertiary/aromatic N) is 2. The molecule has 0 aromatic heterocycles. The van der Waals surface area contributed by atoms with E-state index in [1.54, 1.807) is 18.2 Å². The zero-order chi connectivity index (χ0) is 24.8. The number of nitro benzene ring substituents is 1. The van der Waals surface area contributed by atoms with Crippen molar-refractivity contribution >= 4 is 34.8 Å². The lowest BCUT2D eigenvalue weighted by molar-refractivity contribution is -0.383. The van der Waals surface area contributed by atoms with E-state index in [9.17, 15) is 24.5 Å². The van der Waals surface area contributed by atoms with E-state index in [2.05, 4.69) is 5.32 Å². The Hall–Kier alpha value is -4.35. The number of anilines is 2. The Morgan fingerprint density at radius 2 is 1.76 bits per heavy atom. The van der Waals surface area contributed by atoms with Crippen LogP contribution in [0.5, 0.6) is 17.2 Å². The summed E-state index contributed by atoms with van der Waals surface area (Å²) < 4.78 is 20.6. The molecular weight excluding hydrogens is 450 g/mol. The molecule has 1 aliphatic rings. The fourth-order valence-corrected chi connectivity index (χ4v) is 3.45. The summed E-state index contributed by atoms with van der Waals surface area (Å²) >= 11 is 0. The maximum Gasteiger partial charge on any atom is 0.311 e. The Bertz CT molecular complexity index is 1120. The van der Waals surface area contributed by atoms with Gasteiger partial charge in [0.25, 0.3) is 11.6 Å². The van der Waals surface area contributed by atoms with Gasteiger partial charge in [-0.1, -0.05) is 0 Å². The third kappa shape index (κ3) is 5.34. The van der Waals surface area contributed by atoms with Crippen molar-refractivity contribution in [3.8, 4) is 17.2 Å². The van der Waals surface area contributed by atoms with Crippen molar-refractivity contribution < 1.29 is 38.3 Å². The van der Waals surface area contributed by atoms with Gasteiger partial charge in [0.15, 0.2) is 6.61 Å². The van der Waals surface area contributed by atoms with Crippen LogP contribution in [0.3, 0.4) is 0 Å². The molecular formula is C22H23N3O9. The largest absolute Gasteiger partial charge is 0.497 e. The van der Waals surface area contributed by atoms with Crippen LogP contribution >= 0.6 is 0 Å². The molecule has 0 radical (unpaired) electrons. The number of carbonyl (C=O) groups excluding carboxylic acids is 3. The molecule has 0 spiro atoms. The van der Waals surface area contributed by atoms with E-state index in [0.717, 1.165) is 0 Å². The summed E-state index contributed by atoms with van der Waals surface area (Å²) in [4.78, 5) is 49.2. The minimum Gasteiger partial charge on any atom is -0.497 e. The Morgan fingerprint density at radius 1 is 1.09 bits per heavy atom. The van der Waals surface area contributed by atoms with Gasteiger partial charge < -0.3 is 29.2 Å². The molecule has 0 saturated carbocycles. The molecule has 2 aromatic carbocycles. The number of methoxy groups -OCH3 is 3. The summed E-state index contributed by atoms with van der Waals surface area (Å²) in [6, 6.07) is 8.81. The topological polar surface area (TPSA) is 147 Å². The van der Waals surface area contributed by atoms with Gasteiger partial charge in [-0.3, -0.25) is 24.5 Å². The molecule has 34 heavy (non-hydrogen) atoms. The lowest BCUT2D eigenvalue weighted by Crippen LogP contribution is -2.28. The van der Waals surface area contributed by atoms with Crippen molar-refractivity contribution in [1.82, 2.24) is 0 Å². The molecule has 1 fully saturated rings. The van der Waals surface area contributed by atoms with Crippen LogP contribution in [0.2, 0.25) is 0 Å². The van der Waals surface area contributed by atoms with Gasteiger partial charge in [0, 0.05) is 31.2 Å². The molecule has 2 amide bonds. The Balaban J connectivity index is 1.63. The lowest BCUT2D eigenvalue weighted by Gasteiger charge is -2.20. The van der Waals surface area contributed by atoms with E-state index < -0.39 is 29.3 Å². The normalized spacial score (nSPS) is 15.0. The zero-order valence-corrected chi connectivity index (χ0v) is 18.7. The molecule has 12 nitrogen and oxygen atoms in total. The number of carbonyl (C=O) groups is 3. The molecule has 0 aliphatic carbocycles. The molecule has 1 aliphatic heterocycles. The number of amides is 2. The van der Waals surface area contributed by atoms with Gasteiger partial charge in [0.05, 0.1) is 37.9 Å². The number of nitro groups is 1. The summed E-state index contributed by atoms with van der Waals surface area (Å²) in [5.41, 5.74) is 0.00714. The minimum atomic E-state index is -0.803. The highest BCUT2D eigenvalue weighted by molar-refractivity contribution is 6.01. The van der Waals surface area contributed by atoms with Crippen LogP contribution in [0.25, 0.3) is 0 Å². The number of esters is 1. The predicted molar refractivity (Wildman–Crippen MR) is 119 cm³/mol. The van der Waals surface area contributed by atoms with Gasteiger partial charge in [0.1, 0.15) is 22.9 Å². The van der Waals surface area contributed by atoms with Gasteiger partial charge in [-0.15, -0.1) is 0 Å². The van der Waals surface area contributed by atoms with Crippen LogP contribution in [-0.4, -0.2) is 57.2 Å². The van der Waals surface area contributed by atoms with Crippen LogP contribution in [0.1, 0.15) is 6.42 Å². The highest BCUT2D eigenvalue weighted by atomic mass is 16.6. The van der Waals surface area contributed by atoms with Crippen LogP contribution in [0.15, 0.2) is 36.4 Å². The fraction of sp³-hybridized carbons (Fsp3) is 0.318. The molecule has 180 valence electrons. The molecule has 1 heterocycles. The number of hydrogen-bond donors (Lipinski definition) is 1. The number of benzene rings is 2. The van der Waals surface area contributed by atoms with Gasteiger partial charge in [-0.2, -0.15) is 0 Å². The molecule has 2 aromatic rings. The number of hydrogen-bond acceptors (Lipinski definition) is 9. The average Bonchev–Trinajstić information content (AvgIpc) is 3.23. The van der Waals surface area contributed by atoms with E-state index in [4.69, 9.17) is 18.9 Å². The summed E-state index contributed by atoms with van der Waals surface area (Å²) in [7, 11) is 4.33. The van der Waals surface area contributed by atoms with E-state index in [-0.39, 0.29) is 30.2 Å². The first kappa shape index (κ1) is 24.3. The highest BCUT2D eigenvalue weighted by Gasteiger charge is 2.37. The van der Waals surface area contributed by atoms with Crippen LogP contribution in [0.4, 0.5) is 17.1 Å². The first-order chi connectivity index (χ1) is 16.3. The summed E-state index contributed by atoms with van der Waals surface area (Å²) in [6.45, 7) is -0.648. The Morgan fingerprint density at radius 3 is 2.41 bits per heavy atom. The van der Waals surface area contributed by atoms with Crippen LogP contribution in [-0.2, 0) is 19.1 Å². The molecule has 1 atom stereocenters. The molecule has 3 rings (SSSR count). The average molecular weight is 473 g/mol. The van der Waals surface area contributed by atoms with Crippen LogP contribution in [0, 0.1) is 16.0 Å².